The van der Waals surface area contributed by atoms with Crippen LogP contribution in [0.5, 0.6) is 0 Å². The first-order chi connectivity index (χ1) is 41.6. The highest BCUT2D eigenvalue weighted by Crippen LogP contribution is 2.17. The molecule has 9 nitrogen and oxygen atoms in total. The zero-order chi connectivity index (χ0) is 61.9. The van der Waals surface area contributed by atoms with Crippen LogP contribution in [-0.2, 0) is 33.3 Å². The van der Waals surface area contributed by atoms with Crippen molar-refractivity contribution in [1.29, 1.82) is 0 Å². The molecule has 0 aliphatic carbocycles. The van der Waals surface area contributed by atoms with Crippen molar-refractivity contribution < 1.29 is 42.9 Å². The van der Waals surface area contributed by atoms with E-state index in [1.54, 1.807) is 0 Å². The van der Waals surface area contributed by atoms with Crippen LogP contribution in [0.2, 0.25) is 0 Å². The molecule has 0 bridgehead atoms. The molecule has 0 saturated heterocycles. The second-order valence-corrected chi connectivity index (χ2v) is 24.5. The van der Waals surface area contributed by atoms with Crippen molar-refractivity contribution >= 4 is 17.9 Å². The highest BCUT2D eigenvalue weighted by molar-refractivity contribution is 5.71. The van der Waals surface area contributed by atoms with Gasteiger partial charge in [0.05, 0.1) is 34.4 Å². The Labute approximate surface area is 524 Å². The van der Waals surface area contributed by atoms with E-state index in [2.05, 4.69) is 123 Å². The molecule has 2 unspecified atom stereocenters. The maximum absolute atomic E-state index is 13.0. The van der Waals surface area contributed by atoms with Gasteiger partial charge in [-0.05, 0) is 103 Å². The van der Waals surface area contributed by atoms with Crippen molar-refractivity contribution in [2.24, 2.45) is 0 Å². The second-order valence-electron chi connectivity index (χ2n) is 24.5. The maximum atomic E-state index is 13.0. The van der Waals surface area contributed by atoms with Crippen LogP contribution in [0.25, 0.3) is 0 Å². The fraction of sp³-hybridized carbons (Fsp3) is 0.724. The Morgan fingerprint density at radius 3 is 1.00 bits per heavy atom. The van der Waals surface area contributed by atoms with Gasteiger partial charge in [0, 0.05) is 12.8 Å². The van der Waals surface area contributed by atoms with Gasteiger partial charge in [-0.1, -0.05) is 290 Å². The number of carboxylic acid groups (broad SMARTS) is 1. The third-order valence-corrected chi connectivity index (χ3v) is 15.0. The van der Waals surface area contributed by atoms with Gasteiger partial charge >= 0.3 is 17.9 Å². The van der Waals surface area contributed by atoms with Crippen molar-refractivity contribution in [1.82, 2.24) is 0 Å². The van der Waals surface area contributed by atoms with E-state index in [9.17, 15) is 19.5 Å². The van der Waals surface area contributed by atoms with Crippen molar-refractivity contribution in [3.63, 3.8) is 0 Å². The van der Waals surface area contributed by atoms with Gasteiger partial charge in [0.1, 0.15) is 13.2 Å². The van der Waals surface area contributed by atoms with Crippen molar-refractivity contribution in [3.8, 4) is 0 Å². The van der Waals surface area contributed by atoms with E-state index in [0.717, 1.165) is 83.5 Å². The minimum Gasteiger partial charge on any atom is -0.477 e. The zero-order valence-corrected chi connectivity index (χ0v) is 55.7. The summed E-state index contributed by atoms with van der Waals surface area (Å²) in [5.74, 6) is -2.00. The average Bonchev–Trinajstić information content (AvgIpc) is 3.49. The first kappa shape index (κ1) is 81.0. The first-order valence-electron chi connectivity index (χ1n) is 35.1. The summed E-state index contributed by atoms with van der Waals surface area (Å²) in [5.41, 5.74) is 0. The lowest BCUT2D eigenvalue weighted by Crippen LogP contribution is -2.40. The molecule has 85 heavy (non-hydrogen) atoms. The summed E-state index contributed by atoms with van der Waals surface area (Å²) in [7, 11) is 5.98. The van der Waals surface area contributed by atoms with Gasteiger partial charge in [0.2, 0.25) is 0 Å². The summed E-state index contributed by atoms with van der Waals surface area (Å²) in [6.07, 6.45) is 89.1. The van der Waals surface area contributed by atoms with Crippen molar-refractivity contribution in [3.05, 3.63) is 109 Å². The molecule has 0 aromatic carbocycles. The van der Waals surface area contributed by atoms with Crippen LogP contribution < -0.4 is 0 Å². The van der Waals surface area contributed by atoms with Crippen LogP contribution in [-0.4, -0.2) is 87.4 Å². The number of nitrogens with zero attached hydrogens (tertiary/aromatic N) is 1. The monoisotopic (exact) mass is 1190 g/mol. The van der Waals surface area contributed by atoms with Gasteiger partial charge in [-0.15, -0.1) is 0 Å². The SMILES string of the molecule is CC/C=C\C/C=C\C/C=C\C/C=C\C/C=C\C/C=C\CCCCCCCCCCCCCCCCC(=O)OC(COC(=O)CCCCCCCCCCCCCC/C=C\C/C=C\C/C=C\CCCCCCC)COC(OCC[N+](C)(C)C)C(=O)O. The Kier molecular flexibility index (Phi) is 62.8. The van der Waals surface area contributed by atoms with E-state index in [4.69, 9.17) is 18.9 Å². The van der Waals surface area contributed by atoms with Gasteiger partial charge in [0.15, 0.2) is 6.10 Å². The van der Waals surface area contributed by atoms with E-state index in [0.29, 0.717) is 23.9 Å². The Morgan fingerprint density at radius 2 is 0.671 bits per heavy atom. The molecule has 0 rings (SSSR count). The van der Waals surface area contributed by atoms with Crippen molar-refractivity contribution in [2.75, 3.05) is 47.5 Å². The molecule has 0 aliphatic heterocycles. The quantitative estimate of drug-likeness (QED) is 0.0211. The number of hydrogen-bond acceptors (Lipinski definition) is 7. The number of esters is 2. The fourth-order valence-corrected chi connectivity index (χ4v) is 9.67. The number of carbonyl (C=O) groups excluding carboxylic acids is 2. The number of quaternary nitrogens is 1. The summed E-state index contributed by atoms with van der Waals surface area (Å²) in [5, 5.41) is 9.75. The fourth-order valence-electron chi connectivity index (χ4n) is 9.67. The van der Waals surface area contributed by atoms with Crippen LogP contribution in [0, 0.1) is 0 Å². The normalized spacial score (nSPS) is 13.4. The Balaban J connectivity index is 4.13. The number of aliphatic carboxylic acids is 1. The van der Waals surface area contributed by atoms with Crippen LogP contribution in [0.15, 0.2) is 109 Å². The topological polar surface area (TPSA) is 108 Å². The van der Waals surface area contributed by atoms with Gasteiger partial charge in [-0.2, -0.15) is 0 Å². The highest BCUT2D eigenvalue weighted by Gasteiger charge is 2.25. The Bertz CT molecular complexity index is 1760. The maximum Gasteiger partial charge on any atom is 0.361 e. The predicted molar refractivity (Wildman–Crippen MR) is 364 cm³/mol. The molecule has 0 radical (unpaired) electrons. The number of rotatable bonds is 64. The Morgan fingerprint density at radius 1 is 0.365 bits per heavy atom. The molecule has 0 heterocycles. The molecule has 488 valence electrons. The highest BCUT2D eigenvalue weighted by atomic mass is 16.7. The average molecular weight is 1190 g/mol. The van der Waals surface area contributed by atoms with Gasteiger partial charge in [-0.25, -0.2) is 4.79 Å². The number of carbonyl (C=O) groups is 3. The van der Waals surface area contributed by atoms with Crippen LogP contribution >= 0.6 is 0 Å². The molecule has 0 aromatic heterocycles. The summed E-state index contributed by atoms with van der Waals surface area (Å²) < 4.78 is 23.0. The summed E-state index contributed by atoms with van der Waals surface area (Å²) in [6.45, 7) is 4.77. The van der Waals surface area contributed by atoms with E-state index in [-0.39, 0.29) is 32.2 Å². The van der Waals surface area contributed by atoms with E-state index in [1.807, 2.05) is 21.1 Å². The molecule has 0 spiro atoms. The number of unbranched alkanes of at least 4 members (excludes halogenated alkanes) is 31. The van der Waals surface area contributed by atoms with Gasteiger partial charge in [0.25, 0.3) is 6.29 Å². The lowest BCUT2D eigenvalue weighted by molar-refractivity contribution is -0.870. The molecule has 0 aliphatic rings. The van der Waals surface area contributed by atoms with Crippen LogP contribution in [0.3, 0.4) is 0 Å². The number of allylic oxidation sites excluding steroid dienone is 18. The molecule has 0 amide bonds. The summed E-state index contributed by atoms with van der Waals surface area (Å²) in [6, 6.07) is 0. The first-order valence-corrected chi connectivity index (χ1v) is 35.1. The largest absolute Gasteiger partial charge is 0.477 e. The number of carboxylic acids is 1. The van der Waals surface area contributed by atoms with Gasteiger partial charge < -0.3 is 28.5 Å². The standard InChI is InChI=1S/C76H131NO8/c1-6-8-10-12-14-16-18-20-22-24-26-28-30-32-34-35-36-37-38-39-41-43-45-47-49-51-53-55-57-59-61-63-65-67-74(79)85-72(71-84-76(75(80)81)82-69-68-77(3,4)5)70-83-73(78)66-64-62-60-58-56-54-52-50-48-46-44-42-40-33-31-29-27-25-23-21-19-17-15-13-11-9-7-2/h8,10,14,16,19-22,25-28,31-34,36-37,72,76H,6-7,9,11-13,15,17-18,23-24,29-30,35,38-71H2,1-5H3/p+1/b10-8-,16-14-,21-19-,22-20-,27-25-,28-26-,33-31-,34-32-,37-36-. The number of likely N-dealkylation sites (N-methyl/N-ethyl adjacent to an activating group) is 1. The molecule has 0 aromatic rings. The van der Waals surface area contributed by atoms with Crippen molar-refractivity contribution in [2.45, 2.75) is 309 Å². The minimum absolute atomic E-state index is 0.184. The van der Waals surface area contributed by atoms with Gasteiger partial charge in [-0.3, -0.25) is 9.59 Å². The van der Waals surface area contributed by atoms with Crippen LogP contribution in [0.4, 0.5) is 0 Å². The van der Waals surface area contributed by atoms with E-state index in [1.165, 1.54) is 180 Å². The predicted octanol–water partition coefficient (Wildman–Crippen LogP) is 21.8. The zero-order valence-electron chi connectivity index (χ0n) is 55.7. The molecular formula is C76H132NO8+. The van der Waals surface area contributed by atoms with E-state index >= 15 is 0 Å². The molecule has 0 saturated carbocycles. The number of ether oxygens (including phenoxy) is 4. The third-order valence-electron chi connectivity index (χ3n) is 15.0. The third kappa shape index (κ3) is 67.3. The molecule has 9 heteroatoms. The van der Waals surface area contributed by atoms with Crippen LogP contribution in [0.1, 0.15) is 296 Å². The molecular weight excluding hydrogens is 1050 g/mol. The second kappa shape index (κ2) is 65.9. The molecule has 1 N–H and O–H groups in total. The molecule has 2 atom stereocenters. The summed E-state index contributed by atoms with van der Waals surface area (Å²) >= 11 is 0. The minimum atomic E-state index is -1.52. The lowest BCUT2D eigenvalue weighted by Gasteiger charge is -2.25. The number of hydrogen-bond donors (Lipinski definition) is 1. The summed E-state index contributed by atoms with van der Waals surface area (Å²) in [4.78, 5) is 37.6. The lowest BCUT2D eigenvalue weighted by atomic mass is 10.0. The van der Waals surface area contributed by atoms with E-state index < -0.39 is 24.3 Å². The molecule has 0 fully saturated rings. The Hall–Kier alpha value is -4.05. The smallest absolute Gasteiger partial charge is 0.361 e.